The first-order chi connectivity index (χ1) is 11.7. The summed E-state index contributed by atoms with van der Waals surface area (Å²) in [4.78, 5) is 12.4. The van der Waals surface area contributed by atoms with Crippen LogP contribution in [0.2, 0.25) is 0 Å². The Morgan fingerprint density at radius 1 is 1.21 bits per heavy atom. The van der Waals surface area contributed by atoms with Crippen LogP contribution in [-0.4, -0.2) is 13.0 Å². The summed E-state index contributed by atoms with van der Waals surface area (Å²) in [6.07, 6.45) is 3.01. The van der Waals surface area contributed by atoms with Gasteiger partial charge in [-0.3, -0.25) is 4.79 Å². The summed E-state index contributed by atoms with van der Waals surface area (Å²) in [5.41, 5.74) is 3.52. The first kappa shape index (κ1) is 16.6. The Labute approximate surface area is 144 Å². The van der Waals surface area contributed by atoms with Crippen LogP contribution in [0.25, 0.3) is 0 Å². The van der Waals surface area contributed by atoms with E-state index in [9.17, 15) is 4.79 Å². The molecule has 1 aliphatic carbocycles. The summed E-state index contributed by atoms with van der Waals surface area (Å²) in [5.74, 6) is 1.98. The maximum absolute atomic E-state index is 12.4. The van der Waals surface area contributed by atoms with Crippen molar-refractivity contribution >= 4 is 5.91 Å². The third-order valence-electron chi connectivity index (χ3n) is 4.78. The zero-order chi connectivity index (χ0) is 16.9. The molecule has 0 aromatic heterocycles. The molecule has 3 nitrogen and oxygen atoms in total. The molecule has 0 bridgehead atoms. The highest BCUT2D eigenvalue weighted by molar-refractivity contribution is 5.77. The maximum Gasteiger partial charge on any atom is 0.220 e. The molecule has 1 aliphatic rings. The van der Waals surface area contributed by atoms with Gasteiger partial charge < -0.3 is 10.1 Å². The largest absolute Gasteiger partial charge is 0.496 e. The van der Waals surface area contributed by atoms with Gasteiger partial charge in [0.1, 0.15) is 5.75 Å². The lowest BCUT2D eigenvalue weighted by Gasteiger charge is -2.18. The van der Waals surface area contributed by atoms with Crippen molar-refractivity contribution in [2.75, 3.05) is 7.11 Å². The van der Waals surface area contributed by atoms with E-state index >= 15 is 0 Å². The van der Waals surface area contributed by atoms with E-state index in [0.717, 1.165) is 16.9 Å². The molecule has 0 spiro atoms. The standard InChI is InChI=1S/C21H25NO2/c1-15-12-18(10-11-20(15)24-2)19(17-8-9-17)13-21(23)22-14-16-6-4-3-5-7-16/h3-7,10-12,17,19H,8-9,13-14H2,1-2H3,(H,22,23). The zero-order valence-electron chi connectivity index (χ0n) is 14.4. The summed E-state index contributed by atoms with van der Waals surface area (Å²) < 4.78 is 5.35. The van der Waals surface area contributed by atoms with E-state index in [0.29, 0.717) is 24.8 Å². The van der Waals surface area contributed by atoms with Gasteiger partial charge in [-0.15, -0.1) is 0 Å². The van der Waals surface area contributed by atoms with Gasteiger partial charge in [0.05, 0.1) is 7.11 Å². The van der Waals surface area contributed by atoms with E-state index < -0.39 is 0 Å². The summed E-state index contributed by atoms with van der Waals surface area (Å²) in [5, 5.41) is 3.06. The fraction of sp³-hybridized carbons (Fsp3) is 0.381. The van der Waals surface area contributed by atoms with Gasteiger partial charge in [-0.05, 0) is 54.4 Å². The first-order valence-corrected chi connectivity index (χ1v) is 8.62. The molecule has 0 radical (unpaired) electrons. The Balaban J connectivity index is 1.64. The average molecular weight is 323 g/mol. The molecule has 126 valence electrons. The van der Waals surface area contributed by atoms with Gasteiger partial charge in [-0.1, -0.05) is 42.5 Å². The lowest BCUT2D eigenvalue weighted by Crippen LogP contribution is -2.25. The van der Waals surface area contributed by atoms with E-state index in [1.807, 2.05) is 36.4 Å². The second-order valence-corrected chi connectivity index (χ2v) is 6.64. The summed E-state index contributed by atoms with van der Waals surface area (Å²) in [7, 11) is 1.69. The smallest absolute Gasteiger partial charge is 0.220 e. The van der Waals surface area contributed by atoms with Crippen molar-refractivity contribution in [2.24, 2.45) is 5.92 Å². The summed E-state index contributed by atoms with van der Waals surface area (Å²) >= 11 is 0. The molecule has 3 heteroatoms. The van der Waals surface area contributed by atoms with Crippen LogP contribution in [0.3, 0.4) is 0 Å². The number of nitrogens with one attached hydrogen (secondary N) is 1. The van der Waals surface area contributed by atoms with Crippen LogP contribution >= 0.6 is 0 Å². The van der Waals surface area contributed by atoms with Gasteiger partial charge in [0, 0.05) is 13.0 Å². The number of carbonyl (C=O) groups is 1. The molecule has 1 saturated carbocycles. The van der Waals surface area contributed by atoms with Crippen molar-refractivity contribution < 1.29 is 9.53 Å². The van der Waals surface area contributed by atoms with E-state index in [2.05, 4.69) is 24.4 Å². The summed E-state index contributed by atoms with van der Waals surface area (Å²) in [6, 6.07) is 16.3. The van der Waals surface area contributed by atoms with Gasteiger partial charge in [0.15, 0.2) is 0 Å². The molecule has 2 aromatic rings. The Kier molecular flexibility index (Phi) is 5.19. The van der Waals surface area contributed by atoms with Crippen LogP contribution in [0.15, 0.2) is 48.5 Å². The minimum atomic E-state index is 0.129. The highest BCUT2D eigenvalue weighted by atomic mass is 16.5. The van der Waals surface area contributed by atoms with Crippen LogP contribution < -0.4 is 10.1 Å². The Hall–Kier alpha value is -2.29. The van der Waals surface area contributed by atoms with Crippen LogP contribution in [0.1, 0.15) is 41.9 Å². The van der Waals surface area contributed by atoms with Crippen molar-refractivity contribution in [1.82, 2.24) is 5.32 Å². The van der Waals surface area contributed by atoms with Crippen LogP contribution in [0.4, 0.5) is 0 Å². The van der Waals surface area contributed by atoms with Gasteiger partial charge >= 0.3 is 0 Å². The Morgan fingerprint density at radius 2 is 1.96 bits per heavy atom. The molecule has 1 atom stereocenters. The number of hydrogen-bond donors (Lipinski definition) is 1. The highest BCUT2D eigenvalue weighted by Crippen LogP contribution is 2.45. The highest BCUT2D eigenvalue weighted by Gasteiger charge is 2.33. The number of aryl methyl sites for hydroxylation is 1. The molecule has 1 amide bonds. The molecular formula is C21H25NO2. The number of amides is 1. The van der Waals surface area contributed by atoms with Gasteiger partial charge in [-0.25, -0.2) is 0 Å². The molecule has 0 heterocycles. The molecule has 0 saturated heterocycles. The van der Waals surface area contributed by atoms with E-state index in [4.69, 9.17) is 4.74 Å². The Morgan fingerprint density at radius 3 is 2.58 bits per heavy atom. The molecular weight excluding hydrogens is 298 g/mol. The molecule has 1 fully saturated rings. The second-order valence-electron chi connectivity index (χ2n) is 6.64. The molecule has 1 N–H and O–H groups in total. The number of rotatable bonds is 7. The van der Waals surface area contributed by atoms with Crippen molar-refractivity contribution in [1.29, 1.82) is 0 Å². The van der Waals surface area contributed by atoms with Gasteiger partial charge in [-0.2, -0.15) is 0 Å². The minimum absolute atomic E-state index is 0.129. The molecule has 2 aromatic carbocycles. The van der Waals surface area contributed by atoms with E-state index in [1.54, 1.807) is 7.11 Å². The Bertz CT molecular complexity index is 692. The van der Waals surface area contributed by atoms with Gasteiger partial charge in [0.25, 0.3) is 0 Å². The normalized spacial score (nSPS) is 14.9. The number of benzene rings is 2. The lowest BCUT2D eigenvalue weighted by molar-refractivity contribution is -0.121. The maximum atomic E-state index is 12.4. The molecule has 1 unspecified atom stereocenters. The first-order valence-electron chi connectivity index (χ1n) is 8.62. The number of hydrogen-bond acceptors (Lipinski definition) is 2. The summed E-state index contributed by atoms with van der Waals surface area (Å²) in [6.45, 7) is 2.65. The third-order valence-corrected chi connectivity index (χ3v) is 4.78. The predicted octanol–water partition coefficient (Wildman–Crippen LogP) is 4.20. The average Bonchev–Trinajstić information content (AvgIpc) is 3.43. The van der Waals surface area contributed by atoms with E-state index in [1.165, 1.54) is 18.4 Å². The van der Waals surface area contributed by atoms with Crippen molar-refractivity contribution in [3.8, 4) is 5.75 Å². The molecule has 24 heavy (non-hydrogen) atoms. The van der Waals surface area contributed by atoms with Crippen molar-refractivity contribution in [2.45, 2.75) is 38.6 Å². The van der Waals surface area contributed by atoms with Gasteiger partial charge in [0.2, 0.25) is 5.91 Å². The predicted molar refractivity (Wildman–Crippen MR) is 96.1 cm³/mol. The molecule has 3 rings (SSSR count). The van der Waals surface area contributed by atoms with Crippen molar-refractivity contribution in [3.63, 3.8) is 0 Å². The second kappa shape index (κ2) is 7.52. The fourth-order valence-corrected chi connectivity index (χ4v) is 3.26. The topological polar surface area (TPSA) is 38.3 Å². The zero-order valence-corrected chi connectivity index (χ0v) is 14.4. The fourth-order valence-electron chi connectivity index (χ4n) is 3.26. The minimum Gasteiger partial charge on any atom is -0.496 e. The van der Waals surface area contributed by atoms with Crippen LogP contribution in [-0.2, 0) is 11.3 Å². The number of ether oxygens (including phenoxy) is 1. The monoisotopic (exact) mass is 323 g/mol. The number of carbonyl (C=O) groups excluding carboxylic acids is 1. The van der Waals surface area contributed by atoms with Crippen molar-refractivity contribution in [3.05, 3.63) is 65.2 Å². The SMILES string of the molecule is COc1ccc(C(CC(=O)NCc2ccccc2)C2CC2)cc1C. The molecule has 0 aliphatic heterocycles. The van der Waals surface area contributed by atoms with E-state index in [-0.39, 0.29) is 5.91 Å². The van der Waals surface area contributed by atoms with Crippen LogP contribution in [0, 0.1) is 12.8 Å². The quantitative estimate of drug-likeness (QED) is 0.829. The third kappa shape index (κ3) is 4.16. The number of methoxy groups -OCH3 is 1. The lowest BCUT2D eigenvalue weighted by atomic mass is 9.89. The van der Waals surface area contributed by atoms with Crippen LogP contribution in [0.5, 0.6) is 5.75 Å².